The molecular weight excluding hydrogens is 969 g/mol. The van der Waals surface area contributed by atoms with Gasteiger partial charge in [0.1, 0.15) is 0 Å². The first kappa shape index (κ1) is 48.3. The van der Waals surface area contributed by atoms with Crippen LogP contribution in [0.4, 0.5) is 34.1 Å². The maximum atomic E-state index is 7.39. The molecule has 376 valence electrons. The van der Waals surface area contributed by atoms with Crippen molar-refractivity contribution >= 4 is 137 Å². The molecule has 1 unspecified atom stereocenters. The van der Waals surface area contributed by atoms with E-state index in [4.69, 9.17) is 13.6 Å². The van der Waals surface area contributed by atoms with Gasteiger partial charge >= 0.3 is 444 Å². The Balaban J connectivity index is 1.19. The molecule has 74 heavy (non-hydrogen) atoms. The third-order valence-electron chi connectivity index (χ3n) is 16.3. The van der Waals surface area contributed by atoms with Gasteiger partial charge in [0.25, 0.3) is 0 Å². The van der Waals surface area contributed by atoms with Crippen molar-refractivity contribution in [3.05, 3.63) is 175 Å². The molecule has 0 N–H and O–H groups in total. The zero-order chi connectivity index (χ0) is 51.9. The van der Waals surface area contributed by atoms with E-state index in [-0.39, 0.29) is 0 Å². The Kier molecular flexibility index (Phi) is 11.1. The van der Waals surface area contributed by atoms with Crippen LogP contribution < -0.4 is 30.5 Å². The quantitative estimate of drug-likeness (QED) is 0.128. The molecule has 1 aliphatic heterocycles. The van der Waals surface area contributed by atoms with Gasteiger partial charge in [-0.2, -0.15) is 0 Å². The van der Waals surface area contributed by atoms with E-state index in [1.54, 1.807) is 0 Å². The van der Waals surface area contributed by atoms with Gasteiger partial charge in [-0.05, 0) is 0 Å². The molecule has 0 spiro atoms. The summed E-state index contributed by atoms with van der Waals surface area (Å²) in [5.41, 5.74) is 15.0. The van der Waals surface area contributed by atoms with E-state index in [0.29, 0.717) is 6.61 Å². The van der Waals surface area contributed by atoms with E-state index in [1.165, 1.54) is 20.7 Å². The summed E-state index contributed by atoms with van der Waals surface area (Å²) in [6, 6.07) is 59.7. The number of nitrogens with zero attached hydrogens (tertiary/aromatic N) is 2. The van der Waals surface area contributed by atoms with Crippen molar-refractivity contribution in [2.45, 2.75) is 90.9 Å². The number of ether oxygens (including phenoxy) is 1. The second-order valence-electron chi connectivity index (χ2n) is 26.1. The summed E-state index contributed by atoms with van der Waals surface area (Å²) in [6.45, 7) is 32.1. The minimum atomic E-state index is -1.91. The fourth-order valence-electron chi connectivity index (χ4n) is 11.8. The van der Waals surface area contributed by atoms with E-state index in [9.17, 15) is 0 Å². The number of furan rings is 2. The van der Waals surface area contributed by atoms with Crippen LogP contribution in [0.3, 0.4) is 0 Å². The Bertz CT molecular complexity index is 3770. The molecule has 0 fully saturated rings. The minimum absolute atomic E-state index is 0.491. The van der Waals surface area contributed by atoms with Gasteiger partial charge in [0.15, 0.2) is 0 Å². The van der Waals surface area contributed by atoms with E-state index in [2.05, 4.69) is 253 Å². The molecule has 0 bridgehead atoms. The molecule has 3 heterocycles. The van der Waals surface area contributed by atoms with Crippen LogP contribution >= 0.6 is 0 Å². The van der Waals surface area contributed by atoms with Gasteiger partial charge in [-0.1, -0.05) is 0 Å². The van der Waals surface area contributed by atoms with Crippen LogP contribution in [0.25, 0.3) is 60.6 Å². The fraction of sp³-hybridized carbons (Fsp3) is 0.231. The van der Waals surface area contributed by atoms with Crippen LogP contribution in [0, 0.1) is 0 Å². The Morgan fingerprint density at radius 2 is 0.865 bits per heavy atom. The zero-order valence-corrected chi connectivity index (χ0v) is 49.9. The van der Waals surface area contributed by atoms with Crippen LogP contribution in [-0.2, 0) is 10.2 Å². The molecule has 1 atom stereocenters. The number of benzene rings is 8. The van der Waals surface area contributed by atoms with Crippen LogP contribution in [-0.4, -0.2) is 38.9 Å². The molecular formula is C65H70N2O3Si4-2. The number of rotatable bonds is 10. The molecule has 8 aromatic carbocycles. The predicted octanol–water partition coefficient (Wildman–Crippen LogP) is 16.4. The molecule has 10 aromatic rings. The van der Waals surface area contributed by atoms with Gasteiger partial charge in [0.2, 0.25) is 0 Å². The predicted molar refractivity (Wildman–Crippen MR) is 332 cm³/mol. The van der Waals surface area contributed by atoms with Crippen LogP contribution in [0.5, 0.6) is 0 Å². The standard InChI is InChI=1S/C65H70N2O3Si4/c1-65-41-68-40-54(65)52-38-55(66(42-22-30-46(31-23-42)71(2,3)4)43-24-32-47(33-25-43)72(5,6)7)59-50-18-14-16-20-57(50)69-63(59)61(52)62-53(65)39-56(60-51-19-15-17-21-58(51)70-64(60)62)67(44-26-34-48(35-27-44)73(8,9)10)45-28-36-49(37-29-45)74(11,12)13/h14-40,71,73H,41H2,1-13H3/q-2. The Hall–Kier alpha value is -6.63. The number of hydrogen-bond donors (Lipinski definition) is 0. The van der Waals surface area contributed by atoms with Gasteiger partial charge in [0, 0.05) is 0 Å². The SMILES string of the molecule is CC12COC=C1c1cc(N(c3ccc([Si](C)(C)C)cc3)c3ccc([SiH-](C)(C)C)cc3)c3c(oc4ccccc43)c1-c1c2cc(N(c2ccc([Si](C)(C)C)cc2)c2ccc([SiH-](C)(C)C)cc2)c2c1oc1ccccc12. The topological polar surface area (TPSA) is 42.0 Å². The molecule has 2 aliphatic rings. The maximum absolute atomic E-state index is 7.39. The first-order chi connectivity index (χ1) is 35.1. The molecule has 0 saturated carbocycles. The van der Waals surface area contributed by atoms with E-state index in [0.717, 1.165) is 106 Å². The van der Waals surface area contributed by atoms with Crippen molar-refractivity contribution in [2.75, 3.05) is 16.4 Å². The van der Waals surface area contributed by atoms with E-state index < -0.39 is 37.7 Å². The molecule has 0 amide bonds. The summed E-state index contributed by atoms with van der Waals surface area (Å²) in [5, 5.41) is 10.1. The number of anilines is 6. The molecule has 12 rings (SSSR count). The average Bonchev–Trinajstić information content (AvgIpc) is 4.08. The van der Waals surface area contributed by atoms with Gasteiger partial charge in [-0.25, -0.2) is 0 Å². The number of fused-ring (bicyclic) bond motifs is 14. The third kappa shape index (κ3) is 7.80. The van der Waals surface area contributed by atoms with Gasteiger partial charge in [0.05, 0.1) is 0 Å². The van der Waals surface area contributed by atoms with E-state index >= 15 is 0 Å². The molecule has 0 radical (unpaired) electrons. The van der Waals surface area contributed by atoms with Crippen molar-refractivity contribution in [1.29, 1.82) is 0 Å². The van der Waals surface area contributed by atoms with Crippen LogP contribution in [0.1, 0.15) is 18.1 Å². The molecule has 2 aromatic heterocycles. The summed E-state index contributed by atoms with van der Waals surface area (Å²) in [5.74, 6) is 0. The molecule has 0 saturated heterocycles. The Labute approximate surface area is 441 Å². The fourth-order valence-corrected chi connectivity index (χ4v) is 16.8. The zero-order valence-electron chi connectivity index (χ0n) is 45.6. The number of hydrogen-bond acceptors (Lipinski definition) is 5. The average molecular weight is 1040 g/mol. The number of para-hydroxylation sites is 2. The Morgan fingerprint density at radius 1 is 0.473 bits per heavy atom. The van der Waals surface area contributed by atoms with Gasteiger partial charge in [-0.3, -0.25) is 0 Å². The molecule has 1 aliphatic carbocycles. The summed E-state index contributed by atoms with van der Waals surface area (Å²) >= 11 is 0. The Morgan fingerprint density at radius 3 is 1.28 bits per heavy atom. The third-order valence-corrected chi connectivity index (χ3v) is 25.2. The first-order valence-corrected chi connectivity index (χ1v) is 42.0. The summed E-state index contributed by atoms with van der Waals surface area (Å²) in [7, 11) is -6.98. The van der Waals surface area contributed by atoms with Crippen LogP contribution in [0.15, 0.2) is 173 Å². The van der Waals surface area contributed by atoms with Crippen molar-refractivity contribution in [2.24, 2.45) is 0 Å². The van der Waals surface area contributed by atoms with Gasteiger partial charge < -0.3 is 0 Å². The van der Waals surface area contributed by atoms with Crippen molar-refractivity contribution in [3.8, 4) is 11.1 Å². The van der Waals surface area contributed by atoms with Crippen molar-refractivity contribution in [1.82, 2.24) is 0 Å². The van der Waals surface area contributed by atoms with E-state index in [1.807, 2.05) is 6.26 Å². The summed E-state index contributed by atoms with van der Waals surface area (Å²) in [6.07, 6.45) is 2.03. The molecule has 9 heteroatoms. The second-order valence-corrected chi connectivity index (χ2v) is 47.9. The summed E-state index contributed by atoms with van der Waals surface area (Å²) < 4.78 is 21.4. The second kappa shape index (κ2) is 16.9. The van der Waals surface area contributed by atoms with Crippen LogP contribution in [0.2, 0.25) is 78.6 Å². The van der Waals surface area contributed by atoms with Gasteiger partial charge in [-0.15, -0.1) is 0 Å². The monoisotopic (exact) mass is 1040 g/mol. The van der Waals surface area contributed by atoms with Crippen molar-refractivity contribution < 1.29 is 13.6 Å². The first-order valence-electron chi connectivity index (χ1n) is 27.0. The van der Waals surface area contributed by atoms with Crippen molar-refractivity contribution in [3.63, 3.8) is 0 Å². The molecule has 5 nitrogen and oxygen atoms in total. The summed E-state index contributed by atoms with van der Waals surface area (Å²) in [4.78, 5) is 4.95. The normalized spacial score (nSPS) is 16.3.